The third-order valence-electron chi connectivity index (χ3n) is 1.24. The molecule has 0 rings (SSSR count). The number of carbonyl (C=O) groups is 2. The molecule has 0 aliphatic carbocycles. The summed E-state index contributed by atoms with van der Waals surface area (Å²) in [6.07, 6.45) is 6.25. The molecule has 13 heavy (non-hydrogen) atoms. The first kappa shape index (κ1) is 11.5. The lowest BCUT2D eigenvalue weighted by Gasteiger charge is -2.02. The number of unbranched alkanes of at least 4 members (excludes halogenated alkanes) is 1. The molecule has 0 saturated heterocycles. The number of hydrogen-bond donors (Lipinski definition) is 1. The Hall–Kier alpha value is -1.50. The maximum absolute atomic E-state index is 10.9. The van der Waals surface area contributed by atoms with E-state index >= 15 is 0 Å². The Labute approximate surface area is 77.6 Å². The minimum atomic E-state index is -0.844. The molecule has 0 aromatic heterocycles. The molecule has 0 spiro atoms. The fraction of sp³-hybridized carbons (Fsp3) is 0.556. The van der Waals surface area contributed by atoms with E-state index in [2.05, 4.69) is 16.0 Å². The molecular weight excluding hydrogens is 170 g/mol. The number of hydrogen-bond acceptors (Lipinski definition) is 3. The summed E-state index contributed by atoms with van der Waals surface area (Å²) in [5.74, 6) is 0.875. The van der Waals surface area contributed by atoms with Gasteiger partial charge in [0.15, 0.2) is 0 Å². The summed E-state index contributed by atoms with van der Waals surface area (Å²) in [4.78, 5) is 21.6. The zero-order valence-electron chi connectivity index (χ0n) is 7.63. The first-order chi connectivity index (χ1) is 6.22. The zero-order chi connectivity index (χ0) is 10.1. The smallest absolute Gasteiger partial charge is 0.396 e. The summed E-state index contributed by atoms with van der Waals surface area (Å²) >= 11 is 0. The SMILES string of the molecule is C#CCCCNC(=O)C(=O)OCC. The number of rotatable bonds is 4. The van der Waals surface area contributed by atoms with Gasteiger partial charge in [-0.25, -0.2) is 4.79 Å². The predicted octanol–water partition coefficient (Wildman–Crippen LogP) is 0.0791. The minimum absolute atomic E-state index is 0.205. The molecule has 0 radical (unpaired) electrons. The molecule has 0 saturated carbocycles. The van der Waals surface area contributed by atoms with Gasteiger partial charge in [-0.2, -0.15) is 0 Å². The lowest BCUT2D eigenvalue weighted by molar-refractivity contribution is -0.154. The number of carbonyl (C=O) groups excluding carboxylic acids is 2. The minimum Gasteiger partial charge on any atom is -0.459 e. The Balaban J connectivity index is 3.51. The predicted molar refractivity (Wildman–Crippen MR) is 47.7 cm³/mol. The van der Waals surface area contributed by atoms with E-state index in [1.807, 2.05) is 0 Å². The average Bonchev–Trinajstić information content (AvgIpc) is 2.12. The molecule has 0 aromatic rings. The highest BCUT2D eigenvalue weighted by Gasteiger charge is 2.12. The van der Waals surface area contributed by atoms with E-state index in [4.69, 9.17) is 6.42 Å². The number of ether oxygens (including phenoxy) is 1. The van der Waals surface area contributed by atoms with Crippen molar-refractivity contribution in [1.82, 2.24) is 5.32 Å². The third kappa shape index (κ3) is 5.74. The van der Waals surface area contributed by atoms with Crippen LogP contribution in [0.2, 0.25) is 0 Å². The molecule has 0 unspecified atom stereocenters. The highest BCUT2D eigenvalue weighted by Crippen LogP contribution is 1.84. The summed E-state index contributed by atoms with van der Waals surface area (Å²) in [7, 11) is 0. The highest BCUT2D eigenvalue weighted by molar-refractivity contribution is 6.32. The maximum atomic E-state index is 10.9. The summed E-state index contributed by atoms with van der Waals surface area (Å²) in [5.41, 5.74) is 0. The second kappa shape index (κ2) is 7.17. The van der Waals surface area contributed by atoms with Crippen LogP contribution in [0.15, 0.2) is 0 Å². The van der Waals surface area contributed by atoms with Crippen molar-refractivity contribution in [2.75, 3.05) is 13.2 Å². The van der Waals surface area contributed by atoms with Crippen molar-refractivity contribution < 1.29 is 14.3 Å². The molecule has 0 bridgehead atoms. The van der Waals surface area contributed by atoms with Crippen LogP contribution in [-0.2, 0) is 14.3 Å². The third-order valence-corrected chi connectivity index (χ3v) is 1.24. The second-order valence-corrected chi connectivity index (χ2v) is 2.28. The Morgan fingerprint density at radius 3 is 2.77 bits per heavy atom. The second-order valence-electron chi connectivity index (χ2n) is 2.28. The fourth-order valence-electron chi connectivity index (χ4n) is 0.661. The van der Waals surface area contributed by atoms with Crippen molar-refractivity contribution in [3.05, 3.63) is 0 Å². The van der Waals surface area contributed by atoms with Crippen LogP contribution in [0.5, 0.6) is 0 Å². The molecular formula is C9H13NO3. The summed E-state index contributed by atoms with van der Waals surface area (Å²) < 4.78 is 4.47. The molecule has 0 atom stereocenters. The van der Waals surface area contributed by atoms with Crippen LogP contribution in [-0.4, -0.2) is 25.0 Å². The number of terminal acetylenes is 1. The van der Waals surface area contributed by atoms with Crippen LogP contribution in [0.4, 0.5) is 0 Å². The van der Waals surface area contributed by atoms with Gasteiger partial charge in [0.2, 0.25) is 0 Å². The molecule has 4 heteroatoms. The molecule has 0 fully saturated rings. The normalized spacial score (nSPS) is 8.62. The molecule has 0 aliphatic rings. The van der Waals surface area contributed by atoms with Gasteiger partial charge in [0, 0.05) is 13.0 Å². The first-order valence-corrected chi connectivity index (χ1v) is 4.10. The van der Waals surface area contributed by atoms with Gasteiger partial charge in [0.25, 0.3) is 0 Å². The number of amides is 1. The molecule has 0 aliphatic heterocycles. The monoisotopic (exact) mass is 183 g/mol. The van der Waals surface area contributed by atoms with Gasteiger partial charge in [0.05, 0.1) is 6.61 Å². The van der Waals surface area contributed by atoms with Crippen LogP contribution in [0.25, 0.3) is 0 Å². The lowest BCUT2D eigenvalue weighted by Crippen LogP contribution is -2.33. The standard InChI is InChI=1S/C9H13NO3/c1-3-5-6-7-10-8(11)9(12)13-4-2/h1H,4-7H2,2H3,(H,10,11). The van der Waals surface area contributed by atoms with Gasteiger partial charge in [-0.05, 0) is 13.3 Å². The lowest BCUT2D eigenvalue weighted by atomic mass is 10.3. The van der Waals surface area contributed by atoms with E-state index in [0.717, 1.165) is 0 Å². The van der Waals surface area contributed by atoms with Gasteiger partial charge >= 0.3 is 11.9 Å². The van der Waals surface area contributed by atoms with Gasteiger partial charge in [-0.3, -0.25) is 4.79 Å². The average molecular weight is 183 g/mol. The molecule has 0 heterocycles. The van der Waals surface area contributed by atoms with Crippen molar-refractivity contribution in [3.63, 3.8) is 0 Å². The Morgan fingerprint density at radius 1 is 1.54 bits per heavy atom. The molecule has 0 aromatic carbocycles. The Morgan fingerprint density at radius 2 is 2.23 bits per heavy atom. The maximum Gasteiger partial charge on any atom is 0.396 e. The summed E-state index contributed by atoms with van der Waals surface area (Å²) in [6, 6.07) is 0. The van der Waals surface area contributed by atoms with Crippen LogP contribution in [0, 0.1) is 12.3 Å². The van der Waals surface area contributed by atoms with Crippen molar-refractivity contribution in [3.8, 4) is 12.3 Å². The zero-order valence-corrected chi connectivity index (χ0v) is 7.63. The number of nitrogens with one attached hydrogen (secondary N) is 1. The number of esters is 1. The van der Waals surface area contributed by atoms with E-state index in [-0.39, 0.29) is 6.61 Å². The molecule has 1 amide bonds. The Kier molecular flexibility index (Phi) is 6.34. The Bertz CT molecular complexity index is 217. The summed E-state index contributed by atoms with van der Waals surface area (Å²) in [6.45, 7) is 2.25. The summed E-state index contributed by atoms with van der Waals surface area (Å²) in [5, 5.41) is 2.39. The van der Waals surface area contributed by atoms with Gasteiger partial charge in [-0.1, -0.05) is 0 Å². The molecule has 72 valence electrons. The van der Waals surface area contributed by atoms with Crippen molar-refractivity contribution in [2.24, 2.45) is 0 Å². The van der Waals surface area contributed by atoms with Crippen molar-refractivity contribution in [1.29, 1.82) is 0 Å². The van der Waals surface area contributed by atoms with Crippen molar-refractivity contribution >= 4 is 11.9 Å². The van der Waals surface area contributed by atoms with Crippen LogP contribution >= 0.6 is 0 Å². The van der Waals surface area contributed by atoms with E-state index in [1.165, 1.54) is 0 Å². The quantitative estimate of drug-likeness (QED) is 0.290. The van der Waals surface area contributed by atoms with Gasteiger partial charge in [-0.15, -0.1) is 12.3 Å². The molecule has 4 nitrogen and oxygen atoms in total. The van der Waals surface area contributed by atoms with Gasteiger partial charge < -0.3 is 10.1 Å². The van der Waals surface area contributed by atoms with Gasteiger partial charge in [0.1, 0.15) is 0 Å². The van der Waals surface area contributed by atoms with Crippen molar-refractivity contribution in [2.45, 2.75) is 19.8 Å². The largest absolute Gasteiger partial charge is 0.459 e. The molecule has 1 N–H and O–H groups in total. The van der Waals surface area contributed by atoms with E-state index < -0.39 is 11.9 Å². The van der Waals surface area contributed by atoms with E-state index in [1.54, 1.807) is 6.92 Å². The van der Waals surface area contributed by atoms with E-state index in [9.17, 15) is 9.59 Å². The highest BCUT2D eigenvalue weighted by atomic mass is 16.5. The van der Waals surface area contributed by atoms with Crippen LogP contribution in [0.3, 0.4) is 0 Å². The van der Waals surface area contributed by atoms with Crippen LogP contribution < -0.4 is 5.32 Å². The first-order valence-electron chi connectivity index (χ1n) is 4.10. The van der Waals surface area contributed by atoms with E-state index in [0.29, 0.717) is 19.4 Å². The fourth-order valence-corrected chi connectivity index (χ4v) is 0.661. The topological polar surface area (TPSA) is 55.4 Å². The van der Waals surface area contributed by atoms with Crippen LogP contribution in [0.1, 0.15) is 19.8 Å².